The number of aryl methyl sites for hydroxylation is 4. The maximum Gasteiger partial charge on any atom is 0.253 e. The van der Waals surface area contributed by atoms with Gasteiger partial charge >= 0.3 is 0 Å². The minimum absolute atomic E-state index is 0.0200. The van der Waals surface area contributed by atoms with Gasteiger partial charge in [-0.15, -0.1) is 5.10 Å². The van der Waals surface area contributed by atoms with Gasteiger partial charge in [-0.3, -0.25) is 4.79 Å². The third-order valence-electron chi connectivity index (χ3n) is 4.86. The van der Waals surface area contributed by atoms with E-state index >= 15 is 0 Å². The van der Waals surface area contributed by atoms with Crippen molar-refractivity contribution in [2.45, 2.75) is 39.3 Å². The fourth-order valence-corrected chi connectivity index (χ4v) is 3.60. The number of ether oxygens (including phenoxy) is 1. The fraction of sp³-hybridized carbons (Fsp3) is 0.429. The first-order valence-corrected chi connectivity index (χ1v) is 10.7. The molecule has 0 fully saturated rings. The van der Waals surface area contributed by atoms with E-state index in [1.807, 2.05) is 46.1 Å². The van der Waals surface area contributed by atoms with Gasteiger partial charge in [-0.2, -0.15) is 4.98 Å². The molecule has 0 aliphatic heterocycles. The zero-order valence-corrected chi connectivity index (χ0v) is 18.6. The molecule has 1 amide bonds. The maximum atomic E-state index is 12.8. The Labute approximate surface area is 175 Å². The molecule has 0 saturated carbocycles. The SMILES string of the molecule is CSc1nc2nc(C)c(CC(=O)N(C)CCOc3cc(C)cc(C)c3)c(C)n2n1. The van der Waals surface area contributed by atoms with Crippen LogP contribution in [0.25, 0.3) is 5.78 Å². The van der Waals surface area contributed by atoms with Crippen molar-refractivity contribution >= 4 is 23.4 Å². The molecular formula is C21H27N5O2S. The molecule has 154 valence electrons. The van der Waals surface area contributed by atoms with E-state index in [2.05, 4.69) is 21.1 Å². The van der Waals surface area contributed by atoms with E-state index in [0.29, 0.717) is 24.1 Å². The van der Waals surface area contributed by atoms with Gasteiger partial charge in [0.25, 0.3) is 5.78 Å². The first-order valence-electron chi connectivity index (χ1n) is 9.50. The Hall–Kier alpha value is -2.61. The lowest BCUT2D eigenvalue weighted by atomic mass is 10.1. The predicted molar refractivity (Wildman–Crippen MR) is 115 cm³/mol. The van der Waals surface area contributed by atoms with E-state index in [-0.39, 0.29) is 12.3 Å². The normalized spacial score (nSPS) is 11.1. The number of carbonyl (C=O) groups excluding carboxylic acids is 1. The molecule has 1 aromatic carbocycles. The number of nitrogens with zero attached hydrogens (tertiary/aromatic N) is 5. The van der Waals surface area contributed by atoms with Gasteiger partial charge in [0.2, 0.25) is 11.1 Å². The third kappa shape index (κ3) is 4.87. The summed E-state index contributed by atoms with van der Waals surface area (Å²) < 4.78 is 7.54. The standard InChI is InChI=1S/C21H27N5O2S/c1-13-9-14(2)11-17(10-13)28-8-7-25(5)19(27)12-18-15(3)22-20-23-21(29-6)24-26(20)16(18)4/h9-11H,7-8,12H2,1-6H3. The zero-order valence-electron chi connectivity index (χ0n) is 17.8. The van der Waals surface area contributed by atoms with Crippen LogP contribution in [0.1, 0.15) is 28.1 Å². The molecule has 0 aliphatic carbocycles. The van der Waals surface area contributed by atoms with Crippen molar-refractivity contribution < 1.29 is 9.53 Å². The van der Waals surface area contributed by atoms with Crippen molar-refractivity contribution in [1.29, 1.82) is 0 Å². The van der Waals surface area contributed by atoms with Crippen LogP contribution >= 0.6 is 11.8 Å². The summed E-state index contributed by atoms with van der Waals surface area (Å²) in [6.07, 6.45) is 2.20. The molecule has 8 heteroatoms. The molecule has 7 nitrogen and oxygen atoms in total. The van der Waals surface area contributed by atoms with Gasteiger partial charge in [0.05, 0.1) is 13.0 Å². The van der Waals surface area contributed by atoms with Crippen molar-refractivity contribution in [3.8, 4) is 5.75 Å². The Bertz CT molecular complexity index is 1030. The van der Waals surface area contributed by atoms with E-state index < -0.39 is 0 Å². The largest absolute Gasteiger partial charge is 0.492 e. The minimum Gasteiger partial charge on any atom is -0.492 e. The van der Waals surface area contributed by atoms with Gasteiger partial charge in [-0.25, -0.2) is 9.50 Å². The van der Waals surface area contributed by atoms with E-state index in [0.717, 1.165) is 33.8 Å². The van der Waals surface area contributed by atoms with Crippen molar-refractivity contribution in [1.82, 2.24) is 24.5 Å². The Morgan fingerprint density at radius 2 is 1.83 bits per heavy atom. The maximum absolute atomic E-state index is 12.8. The minimum atomic E-state index is 0.0200. The highest BCUT2D eigenvalue weighted by molar-refractivity contribution is 7.98. The molecule has 29 heavy (non-hydrogen) atoms. The van der Waals surface area contributed by atoms with E-state index in [4.69, 9.17) is 4.74 Å². The third-order valence-corrected chi connectivity index (χ3v) is 5.39. The molecule has 0 unspecified atom stereocenters. The first-order chi connectivity index (χ1) is 13.8. The average molecular weight is 414 g/mol. The number of amides is 1. The Kier molecular flexibility index (Phi) is 6.42. The molecule has 0 saturated heterocycles. The number of aromatic nitrogens is 4. The second-order valence-corrected chi connectivity index (χ2v) is 8.01. The van der Waals surface area contributed by atoms with Gasteiger partial charge in [0.1, 0.15) is 12.4 Å². The number of hydrogen-bond acceptors (Lipinski definition) is 6. The van der Waals surface area contributed by atoms with E-state index in [1.54, 1.807) is 16.5 Å². The van der Waals surface area contributed by atoms with Crippen LogP contribution in [0.15, 0.2) is 23.4 Å². The molecule has 0 spiro atoms. The summed E-state index contributed by atoms with van der Waals surface area (Å²) >= 11 is 1.47. The number of fused-ring (bicyclic) bond motifs is 1. The summed E-state index contributed by atoms with van der Waals surface area (Å²) in [6, 6.07) is 6.11. The van der Waals surface area contributed by atoms with Crippen LogP contribution in [0.5, 0.6) is 5.75 Å². The lowest BCUT2D eigenvalue weighted by Gasteiger charge is -2.19. The quantitative estimate of drug-likeness (QED) is 0.554. The van der Waals surface area contributed by atoms with Gasteiger partial charge in [0, 0.05) is 24.0 Å². The number of hydrogen-bond donors (Lipinski definition) is 0. The Morgan fingerprint density at radius 3 is 2.48 bits per heavy atom. The molecular weight excluding hydrogens is 386 g/mol. The molecule has 0 radical (unpaired) electrons. The highest BCUT2D eigenvalue weighted by Crippen LogP contribution is 2.18. The van der Waals surface area contributed by atoms with E-state index in [9.17, 15) is 4.79 Å². The highest BCUT2D eigenvalue weighted by atomic mass is 32.2. The van der Waals surface area contributed by atoms with Crippen LogP contribution in [-0.2, 0) is 11.2 Å². The van der Waals surface area contributed by atoms with Gasteiger partial charge in [-0.05, 0) is 57.2 Å². The highest BCUT2D eigenvalue weighted by Gasteiger charge is 2.18. The molecule has 2 heterocycles. The van der Waals surface area contributed by atoms with Crippen LogP contribution in [0.2, 0.25) is 0 Å². The summed E-state index contributed by atoms with van der Waals surface area (Å²) in [4.78, 5) is 23.4. The van der Waals surface area contributed by atoms with Crippen molar-refractivity contribution in [3.63, 3.8) is 0 Å². The van der Waals surface area contributed by atoms with Gasteiger partial charge < -0.3 is 9.64 Å². The van der Waals surface area contributed by atoms with Crippen molar-refractivity contribution in [2.75, 3.05) is 26.5 Å². The molecule has 0 N–H and O–H groups in total. The fourth-order valence-electron chi connectivity index (χ4n) is 3.26. The van der Waals surface area contributed by atoms with Crippen LogP contribution < -0.4 is 4.74 Å². The molecule has 3 aromatic rings. The van der Waals surface area contributed by atoms with Crippen LogP contribution in [-0.4, -0.2) is 56.8 Å². The first kappa shape index (κ1) is 21.1. The van der Waals surface area contributed by atoms with Crippen molar-refractivity contribution in [3.05, 3.63) is 46.3 Å². The van der Waals surface area contributed by atoms with Gasteiger partial charge in [-0.1, -0.05) is 17.8 Å². The molecule has 0 aliphatic rings. The summed E-state index contributed by atoms with van der Waals surface area (Å²) in [7, 11) is 1.80. The Morgan fingerprint density at radius 1 is 1.14 bits per heavy atom. The summed E-state index contributed by atoms with van der Waals surface area (Å²) in [5, 5.41) is 5.11. The van der Waals surface area contributed by atoms with E-state index in [1.165, 1.54) is 11.8 Å². The summed E-state index contributed by atoms with van der Waals surface area (Å²) in [5.74, 6) is 1.42. The van der Waals surface area contributed by atoms with Crippen LogP contribution in [0.4, 0.5) is 0 Å². The zero-order chi connectivity index (χ0) is 21.1. The smallest absolute Gasteiger partial charge is 0.253 e. The topological polar surface area (TPSA) is 72.6 Å². The summed E-state index contributed by atoms with van der Waals surface area (Å²) in [6.45, 7) is 8.91. The van der Waals surface area contributed by atoms with Crippen LogP contribution in [0, 0.1) is 27.7 Å². The second kappa shape index (κ2) is 8.82. The monoisotopic (exact) mass is 413 g/mol. The number of thioether (sulfide) groups is 1. The summed E-state index contributed by atoms with van der Waals surface area (Å²) in [5.41, 5.74) is 4.92. The Balaban J connectivity index is 1.64. The number of likely N-dealkylation sites (N-methyl/N-ethyl adjacent to an activating group) is 1. The molecule has 0 atom stereocenters. The van der Waals surface area contributed by atoms with Crippen LogP contribution in [0.3, 0.4) is 0 Å². The second-order valence-electron chi connectivity index (χ2n) is 7.24. The lowest BCUT2D eigenvalue weighted by molar-refractivity contribution is -0.129. The average Bonchev–Trinajstić information content (AvgIpc) is 3.07. The number of carbonyl (C=O) groups is 1. The molecule has 2 aromatic heterocycles. The number of benzene rings is 1. The molecule has 0 bridgehead atoms. The van der Waals surface area contributed by atoms with Crippen molar-refractivity contribution in [2.24, 2.45) is 0 Å². The predicted octanol–water partition coefficient (Wildman–Crippen LogP) is 3.16. The molecule has 3 rings (SSSR count). The lowest BCUT2D eigenvalue weighted by Crippen LogP contribution is -2.32. The van der Waals surface area contributed by atoms with Gasteiger partial charge in [0.15, 0.2) is 0 Å². The number of rotatable bonds is 7.